The zero-order valence-corrected chi connectivity index (χ0v) is 12.3. The highest BCUT2D eigenvalue weighted by Gasteiger charge is 2.11. The van der Waals surface area contributed by atoms with Crippen molar-refractivity contribution < 1.29 is 4.79 Å². The summed E-state index contributed by atoms with van der Waals surface area (Å²) in [6, 6.07) is 5.34. The molecule has 0 saturated carbocycles. The minimum absolute atomic E-state index is 0.0790. The van der Waals surface area contributed by atoms with E-state index in [-0.39, 0.29) is 5.91 Å². The molecular weight excluding hydrogens is 274 g/mol. The Morgan fingerprint density at radius 1 is 1.50 bits per heavy atom. The maximum absolute atomic E-state index is 11.7. The molecule has 0 aliphatic heterocycles. The van der Waals surface area contributed by atoms with E-state index in [1.165, 1.54) is 0 Å². The van der Waals surface area contributed by atoms with Gasteiger partial charge in [-0.1, -0.05) is 24.9 Å². The Kier molecular flexibility index (Phi) is 5.04. The highest BCUT2D eigenvalue weighted by atomic mass is 35.5. The predicted octanol–water partition coefficient (Wildman–Crippen LogP) is 2.61. The number of H-pyrrole nitrogens is 1. The van der Waals surface area contributed by atoms with Gasteiger partial charge in [0.1, 0.15) is 0 Å². The van der Waals surface area contributed by atoms with Gasteiger partial charge in [0.25, 0.3) is 0 Å². The number of carbonyl (C=O) groups is 1. The molecule has 1 amide bonds. The van der Waals surface area contributed by atoms with Crippen LogP contribution < -0.4 is 11.1 Å². The van der Waals surface area contributed by atoms with Crippen LogP contribution in [0.25, 0.3) is 10.9 Å². The zero-order chi connectivity index (χ0) is 14.5. The third kappa shape index (κ3) is 3.52. The van der Waals surface area contributed by atoms with Crippen LogP contribution in [-0.4, -0.2) is 23.5 Å². The molecule has 0 aliphatic rings. The van der Waals surface area contributed by atoms with Crippen molar-refractivity contribution >= 4 is 28.4 Å². The van der Waals surface area contributed by atoms with Gasteiger partial charge in [-0.3, -0.25) is 4.79 Å². The number of fused-ring (bicyclic) bond motifs is 1. The summed E-state index contributed by atoms with van der Waals surface area (Å²) in [7, 11) is 0. The number of aromatic amines is 1. The molecular formula is C15H20ClN3O. The molecule has 0 spiro atoms. The van der Waals surface area contributed by atoms with Crippen molar-refractivity contribution in [2.24, 2.45) is 5.73 Å². The molecule has 2 aromatic rings. The quantitative estimate of drug-likeness (QED) is 0.766. The van der Waals surface area contributed by atoms with E-state index in [1.807, 2.05) is 31.3 Å². The van der Waals surface area contributed by atoms with E-state index in [0.717, 1.165) is 29.3 Å². The molecule has 4 N–H and O–H groups in total. The topological polar surface area (TPSA) is 70.9 Å². The molecule has 1 heterocycles. The molecule has 2 rings (SSSR count). The molecule has 0 radical (unpaired) electrons. The van der Waals surface area contributed by atoms with Gasteiger partial charge >= 0.3 is 0 Å². The summed E-state index contributed by atoms with van der Waals surface area (Å²) in [5, 5.41) is 4.69. The van der Waals surface area contributed by atoms with Crippen molar-refractivity contribution in [2.75, 3.05) is 6.54 Å². The van der Waals surface area contributed by atoms with Crippen molar-refractivity contribution in [1.82, 2.24) is 10.3 Å². The third-order valence-electron chi connectivity index (χ3n) is 3.36. The number of carbonyl (C=O) groups excluding carboxylic acids is 1. The van der Waals surface area contributed by atoms with Crippen LogP contribution in [0.4, 0.5) is 0 Å². The normalized spacial score (nSPS) is 12.6. The van der Waals surface area contributed by atoms with Gasteiger partial charge in [-0.25, -0.2) is 0 Å². The number of benzene rings is 1. The van der Waals surface area contributed by atoms with Crippen molar-refractivity contribution in [3.8, 4) is 0 Å². The second kappa shape index (κ2) is 6.77. The number of rotatable bonds is 6. The number of aromatic nitrogens is 1. The van der Waals surface area contributed by atoms with E-state index in [2.05, 4.69) is 10.3 Å². The molecule has 1 atom stereocenters. The first-order valence-electron chi connectivity index (χ1n) is 6.90. The highest BCUT2D eigenvalue weighted by Crippen LogP contribution is 2.22. The Labute approximate surface area is 123 Å². The van der Waals surface area contributed by atoms with Crippen LogP contribution in [-0.2, 0) is 11.2 Å². The van der Waals surface area contributed by atoms with Crippen LogP contribution in [0.2, 0.25) is 5.02 Å². The monoisotopic (exact) mass is 293 g/mol. The molecule has 0 aliphatic carbocycles. The summed E-state index contributed by atoms with van der Waals surface area (Å²) in [5.41, 5.74) is 7.96. The van der Waals surface area contributed by atoms with Crippen molar-refractivity contribution in [3.63, 3.8) is 0 Å². The van der Waals surface area contributed by atoms with E-state index in [9.17, 15) is 4.79 Å². The lowest BCUT2D eigenvalue weighted by Crippen LogP contribution is -2.41. The highest BCUT2D eigenvalue weighted by molar-refractivity contribution is 6.31. The first-order valence-corrected chi connectivity index (χ1v) is 7.28. The lowest BCUT2D eigenvalue weighted by molar-refractivity contribution is -0.122. The van der Waals surface area contributed by atoms with E-state index < -0.39 is 6.04 Å². The van der Waals surface area contributed by atoms with Crippen molar-refractivity contribution in [3.05, 3.63) is 35.0 Å². The molecule has 0 saturated heterocycles. The van der Waals surface area contributed by atoms with Gasteiger partial charge in [0.05, 0.1) is 6.04 Å². The SMILES string of the molecule is CCCC(N)C(=O)NCCc1c[nH]c2ccc(Cl)cc12. The summed E-state index contributed by atoms with van der Waals surface area (Å²) in [5.74, 6) is -0.0790. The Hall–Kier alpha value is -1.52. The zero-order valence-electron chi connectivity index (χ0n) is 11.6. The Bertz CT molecular complexity index is 594. The summed E-state index contributed by atoms with van der Waals surface area (Å²) in [6.07, 6.45) is 4.34. The number of hydrogen-bond acceptors (Lipinski definition) is 2. The Morgan fingerprint density at radius 3 is 3.05 bits per heavy atom. The van der Waals surface area contributed by atoms with Gasteiger partial charge in [-0.15, -0.1) is 0 Å². The second-order valence-electron chi connectivity index (χ2n) is 4.94. The van der Waals surface area contributed by atoms with E-state index in [0.29, 0.717) is 18.0 Å². The lowest BCUT2D eigenvalue weighted by Gasteiger charge is -2.10. The van der Waals surface area contributed by atoms with Crippen LogP contribution >= 0.6 is 11.6 Å². The molecule has 20 heavy (non-hydrogen) atoms. The molecule has 4 nitrogen and oxygen atoms in total. The van der Waals surface area contributed by atoms with Crippen molar-refractivity contribution in [2.45, 2.75) is 32.2 Å². The first kappa shape index (κ1) is 14.9. The molecule has 5 heteroatoms. The largest absolute Gasteiger partial charge is 0.361 e. The number of hydrogen-bond donors (Lipinski definition) is 3. The third-order valence-corrected chi connectivity index (χ3v) is 3.59. The fraction of sp³-hybridized carbons (Fsp3) is 0.400. The van der Waals surface area contributed by atoms with Gasteiger partial charge in [-0.2, -0.15) is 0 Å². The molecule has 0 fully saturated rings. The van der Waals surface area contributed by atoms with Gasteiger partial charge in [0.2, 0.25) is 5.91 Å². The van der Waals surface area contributed by atoms with Crippen LogP contribution in [0.1, 0.15) is 25.3 Å². The smallest absolute Gasteiger partial charge is 0.236 e. The van der Waals surface area contributed by atoms with Crippen LogP contribution in [0.5, 0.6) is 0 Å². The minimum Gasteiger partial charge on any atom is -0.361 e. The number of amides is 1. The number of nitrogens with one attached hydrogen (secondary N) is 2. The number of nitrogens with two attached hydrogens (primary N) is 1. The first-order chi connectivity index (χ1) is 9.61. The molecule has 1 unspecified atom stereocenters. The van der Waals surface area contributed by atoms with Gasteiger partial charge in [0.15, 0.2) is 0 Å². The number of halogens is 1. The second-order valence-corrected chi connectivity index (χ2v) is 5.38. The summed E-state index contributed by atoms with van der Waals surface area (Å²) >= 11 is 6.01. The van der Waals surface area contributed by atoms with Gasteiger partial charge in [-0.05, 0) is 36.6 Å². The summed E-state index contributed by atoms with van der Waals surface area (Å²) in [6.45, 7) is 2.60. The van der Waals surface area contributed by atoms with Crippen LogP contribution in [0.15, 0.2) is 24.4 Å². The molecule has 0 bridgehead atoms. The average Bonchev–Trinajstić information content (AvgIpc) is 2.81. The van der Waals surface area contributed by atoms with Gasteiger partial charge < -0.3 is 16.0 Å². The molecule has 108 valence electrons. The summed E-state index contributed by atoms with van der Waals surface area (Å²) in [4.78, 5) is 14.9. The fourth-order valence-corrected chi connectivity index (χ4v) is 2.42. The van der Waals surface area contributed by atoms with E-state index in [4.69, 9.17) is 17.3 Å². The summed E-state index contributed by atoms with van der Waals surface area (Å²) < 4.78 is 0. The fourth-order valence-electron chi connectivity index (χ4n) is 2.25. The van der Waals surface area contributed by atoms with Gasteiger partial charge in [0, 0.05) is 28.7 Å². The predicted molar refractivity (Wildman–Crippen MR) is 82.9 cm³/mol. The van der Waals surface area contributed by atoms with Crippen molar-refractivity contribution in [1.29, 1.82) is 0 Å². The van der Waals surface area contributed by atoms with E-state index in [1.54, 1.807) is 0 Å². The standard InChI is InChI=1S/C15H20ClN3O/c1-2-3-13(17)15(20)18-7-6-10-9-19-14-5-4-11(16)8-12(10)14/h4-5,8-9,13,19H,2-3,6-7,17H2,1H3,(H,18,20). The Morgan fingerprint density at radius 2 is 2.30 bits per heavy atom. The molecule has 1 aromatic carbocycles. The minimum atomic E-state index is -0.405. The lowest BCUT2D eigenvalue weighted by atomic mass is 10.1. The average molecular weight is 294 g/mol. The maximum Gasteiger partial charge on any atom is 0.236 e. The van der Waals surface area contributed by atoms with Crippen LogP contribution in [0, 0.1) is 0 Å². The van der Waals surface area contributed by atoms with Crippen LogP contribution in [0.3, 0.4) is 0 Å². The Balaban J connectivity index is 1.93. The molecule has 1 aromatic heterocycles. The maximum atomic E-state index is 11.7. The van der Waals surface area contributed by atoms with E-state index >= 15 is 0 Å².